The molecule has 29 heavy (non-hydrogen) atoms. The molecule has 0 aromatic carbocycles. The van der Waals surface area contributed by atoms with Crippen LogP contribution in [0.4, 0.5) is 5.82 Å². The minimum absolute atomic E-state index is 0.0152. The van der Waals surface area contributed by atoms with Crippen molar-refractivity contribution in [3.63, 3.8) is 0 Å². The molecular weight excluding hydrogens is 384 g/mol. The van der Waals surface area contributed by atoms with Gasteiger partial charge >= 0.3 is 0 Å². The molecule has 5 rings (SSSR count). The highest BCUT2D eigenvalue weighted by molar-refractivity contribution is 7.10. The number of hydrogen-bond acceptors (Lipinski definition) is 5. The average molecular weight is 407 g/mol. The van der Waals surface area contributed by atoms with Crippen molar-refractivity contribution in [3.05, 3.63) is 52.1 Å². The van der Waals surface area contributed by atoms with Crippen LogP contribution < -0.4 is 5.32 Å². The number of rotatable bonds is 3. The monoisotopic (exact) mass is 406 g/mol. The maximum atomic E-state index is 12.7. The van der Waals surface area contributed by atoms with E-state index in [-0.39, 0.29) is 11.8 Å². The first-order valence-electron chi connectivity index (χ1n) is 10.0. The largest absolute Gasteiger partial charge is 0.338 e. The van der Waals surface area contributed by atoms with Gasteiger partial charge in [0, 0.05) is 43.4 Å². The van der Waals surface area contributed by atoms with Crippen molar-refractivity contribution in [2.45, 2.75) is 25.7 Å². The maximum absolute atomic E-state index is 12.7. The lowest BCUT2D eigenvalue weighted by atomic mass is 10.00. The van der Waals surface area contributed by atoms with Crippen LogP contribution in [0.15, 0.2) is 36.0 Å². The van der Waals surface area contributed by atoms with E-state index in [1.807, 2.05) is 28.6 Å². The molecule has 2 aliphatic heterocycles. The van der Waals surface area contributed by atoms with Gasteiger partial charge in [0.1, 0.15) is 10.8 Å². The van der Waals surface area contributed by atoms with Gasteiger partial charge < -0.3 is 10.2 Å². The topological polar surface area (TPSA) is 75.2 Å². The first-order chi connectivity index (χ1) is 14.2. The van der Waals surface area contributed by atoms with Gasteiger partial charge in [-0.05, 0) is 59.9 Å². The molecule has 6 nitrogen and oxygen atoms in total. The number of nitrogens with one attached hydrogen (secondary N) is 1. The summed E-state index contributed by atoms with van der Waals surface area (Å²) >= 11 is 1.68. The molecule has 1 N–H and O–H groups in total. The van der Waals surface area contributed by atoms with Crippen LogP contribution in [0.1, 0.15) is 35.4 Å². The number of pyridine rings is 1. The lowest BCUT2D eigenvalue weighted by molar-refractivity contribution is -0.125. The molecule has 0 spiro atoms. The van der Waals surface area contributed by atoms with Crippen LogP contribution in [0.5, 0.6) is 0 Å². The Hall–Kier alpha value is -2.80. The van der Waals surface area contributed by atoms with E-state index in [0.29, 0.717) is 24.1 Å². The minimum Gasteiger partial charge on any atom is -0.338 e. The number of amides is 2. The Morgan fingerprint density at radius 2 is 2.21 bits per heavy atom. The van der Waals surface area contributed by atoms with Gasteiger partial charge in [0.25, 0.3) is 0 Å². The normalized spacial score (nSPS) is 23.5. The molecule has 0 radical (unpaired) electrons. The number of hydrogen-bond donors (Lipinski definition) is 1. The summed E-state index contributed by atoms with van der Waals surface area (Å²) in [6.07, 6.45) is 12.5. The van der Waals surface area contributed by atoms with Crippen LogP contribution in [0.3, 0.4) is 0 Å². The van der Waals surface area contributed by atoms with Crippen LogP contribution >= 0.6 is 11.3 Å². The summed E-state index contributed by atoms with van der Waals surface area (Å²) in [6, 6.07) is 2.01. The molecule has 0 bridgehead atoms. The summed E-state index contributed by atoms with van der Waals surface area (Å²) in [7, 11) is 0. The summed E-state index contributed by atoms with van der Waals surface area (Å²) < 4.78 is 0. The summed E-state index contributed by atoms with van der Waals surface area (Å²) in [4.78, 5) is 35.0. The number of nitrogens with zero attached hydrogens (tertiary/aromatic N) is 3. The molecular formula is C22H22N4O2S. The van der Waals surface area contributed by atoms with E-state index < -0.39 is 0 Å². The number of carbonyl (C=O) groups excluding carboxylic acids is 2. The van der Waals surface area contributed by atoms with Crippen LogP contribution in [0, 0.1) is 11.8 Å². The molecule has 2 unspecified atom stereocenters. The molecule has 2 aromatic rings. The third-order valence-electron chi connectivity index (χ3n) is 5.92. The van der Waals surface area contributed by atoms with Crippen LogP contribution in [0.25, 0.3) is 11.6 Å². The molecule has 2 amide bonds. The fourth-order valence-corrected chi connectivity index (χ4v) is 5.14. The number of thiazole rings is 1. The van der Waals surface area contributed by atoms with Gasteiger partial charge in [-0.15, -0.1) is 11.3 Å². The highest BCUT2D eigenvalue weighted by Gasteiger charge is 2.38. The fraction of sp³-hybridized carbons (Fsp3) is 0.364. The Labute approximate surface area is 173 Å². The average Bonchev–Trinajstić information content (AvgIpc) is 3.41. The second kappa shape index (κ2) is 7.55. The van der Waals surface area contributed by atoms with E-state index >= 15 is 0 Å². The Bertz CT molecular complexity index is 1010. The Kier molecular flexibility index (Phi) is 4.75. The zero-order valence-electron chi connectivity index (χ0n) is 16.0. The molecule has 0 saturated carbocycles. The van der Waals surface area contributed by atoms with Gasteiger partial charge in [-0.3, -0.25) is 9.59 Å². The number of likely N-dealkylation sites (tertiary alicyclic amines) is 1. The molecule has 3 aliphatic rings. The third kappa shape index (κ3) is 3.74. The number of aryl methyl sites for hydroxylation is 1. The molecule has 1 aliphatic carbocycles. The van der Waals surface area contributed by atoms with Gasteiger partial charge in [0.15, 0.2) is 0 Å². The first kappa shape index (κ1) is 18.2. The number of aromatic nitrogens is 2. The Morgan fingerprint density at radius 3 is 3.03 bits per heavy atom. The van der Waals surface area contributed by atoms with Gasteiger partial charge in [0.05, 0.1) is 0 Å². The number of anilines is 1. The molecule has 148 valence electrons. The summed E-state index contributed by atoms with van der Waals surface area (Å²) in [5, 5.41) is 5.96. The van der Waals surface area contributed by atoms with Gasteiger partial charge in [-0.1, -0.05) is 6.08 Å². The predicted octanol–water partition coefficient (Wildman–Crippen LogP) is 3.39. The maximum Gasteiger partial charge on any atom is 0.246 e. The van der Waals surface area contributed by atoms with Crippen molar-refractivity contribution >= 4 is 40.6 Å². The molecule has 4 heterocycles. The first-order valence-corrected chi connectivity index (χ1v) is 10.9. The SMILES string of the molecule is O=C1CCCc2cc(/C=C/C(=O)N3CC4C=C(c5nccs5)CC4C3)cnc2N1. The highest BCUT2D eigenvalue weighted by Crippen LogP contribution is 2.41. The number of fused-ring (bicyclic) bond motifs is 2. The van der Waals surface area contributed by atoms with Gasteiger partial charge in [-0.25, -0.2) is 9.97 Å². The van der Waals surface area contributed by atoms with Crippen molar-refractivity contribution in [1.29, 1.82) is 0 Å². The van der Waals surface area contributed by atoms with E-state index in [1.54, 1.807) is 23.6 Å². The predicted molar refractivity (Wildman–Crippen MR) is 113 cm³/mol. The van der Waals surface area contributed by atoms with E-state index in [4.69, 9.17) is 0 Å². The van der Waals surface area contributed by atoms with Crippen molar-refractivity contribution in [3.8, 4) is 0 Å². The minimum atomic E-state index is 0.0152. The zero-order valence-corrected chi connectivity index (χ0v) is 16.8. The summed E-state index contributed by atoms with van der Waals surface area (Å²) in [6.45, 7) is 1.57. The molecule has 2 atom stereocenters. The summed E-state index contributed by atoms with van der Waals surface area (Å²) in [5.41, 5.74) is 3.25. The van der Waals surface area contributed by atoms with Gasteiger partial charge in [-0.2, -0.15) is 0 Å². The van der Waals surface area contributed by atoms with Crippen molar-refractivity contribution < 1.29 is 9.59 Å². The molecule has 2 aromatic heterocycles. The van der Waals surface area contributed by atoms with Crippen molar-refractivity contribution in [2.24, 2.45) is 11.8 Å². The smallest absolute Gasteiger partial charge is 0.246 e. The fourth-order valence-electron chi connectivity index (χ4n) is 4.46. The van der Waals surface area contributed by atoms with E-state index in [2.05, 4.69) is 21.4 Å². The number of allylic oxidation sites excluding steroid dienone is 1. The van der Waals surface area contributed by atoms with Crippen molar-refractivity contribution in [2.75, 3.05) is 18.4 Å². The zero-order chi connectivity index (χ0) is 19.8. The summed E-state index contributed by atoms with van der Waals surface area (Å²) in [5.74, 6) is 1.65. The highest BCUT2D eigenvalue weighted by atomic mass is 32.1. The number of carbonyl (C=O) groups is 2. The lowest BCUT2D eigenvalue weighted by Gasteiger charge is -2.15. The Morgan fingerprint density at radius 1 is 1.28 bits per heavy atom. The van der Waals surface area contributed by atoms with E-state index in [1.165, 1.54) is 5.57 Å². The van der Waals surface area contributed by atoms with Crippen molar-refractivity contribution in [1.82, 2.24) is 14.9 Å². The quantitative estimate of drug-likeness (QED) is 0.793. The van der Waals surface area contributed by atoms with E-state index in [9.17, 15) is 9.59 Å². The second-order valence-corrected chi connectivity index (χ2v) is 8.81. The van der Waals surface area contributed by atoms with E-state index in [0.717, 1.165) is 48.5 Å². The molecule has 7 heteroatoms. The van der Waals surface area contributed by atoms with Crippen LogP contribution in [-0.2, 0) is 16.0 Å². The lowest BCUT2D eigenvalue weighted by Crippen LogP contribution is -2.27. The molecule has 1 fully saturated rings. The standard InChI is InChI=1S/C22H22N4O2S/c27-19-3-1-2-15-8-14(11-24-21(15)25-19)4-5-20(28)26-12-17-9-16(10-18(17)13-26)22-23-6-7-29-22/h4-9,11,17-18H,1-3,10,12-13H2,(H,24,25,27)/b5-4+. The Balaban J connectivity index is 1.23. The van der Waals surface area contributed by atoms with Gasteiger partial charge in [0.2, 0.25) is 11.8 Å². The van der Waals surface area contributed by atoms with Crippen LogP contribution in [-0.4, -0.2) is 39.8 Å². The van der Waals surface area contributed by atoms with Crippen LogP contribution in [0.2, 0.25) is 0 Å². The third-order valence-corrected chi connectivity index (χ3v) is 6.77. The molecule has 1 saturated heterocycles. The second-order valence-electron chi connectivity index (χ2n) is 7.91.